The minimum absolute atomic E-state index is 0.0156. The molecule has 0 aromatic heterocycles. The molecule has 2 rings (SSSR count). The van der Waals surface area contributed by atoms with Crippen LogP contribution in [-0.4, -0.2) is 42.7 Å². The Morgan fingerprint density at radius 3 is 2.43 bits per heavy atom. The maximum Gasteiger partial charge on any atom is 0.269 e. The summed E-state index contributed by atoms with van der Waals surface area (Å²) >= 11 is 0. The Morgan fingerprint density at radius 1 is 1.11 bits per heavy atom. The van der Waals surface area contributed by atoms with E-state index in [1.54, 1.807) is 19.2 Å². The Balaban J connectivity index is 1.67. The predicted octanol–water partition coefficient (Wildman–Crippen LogP) is 2.86. The second-order valence-corrected chi connectivity index (χ2v) is 6.55. The zero-order valence-electron chi connectivity index (χ0n) is 16.2. The lowest BCUT2D eigenvalue weighted by molar-refractivity contribution is -0.384. The Bertz CT molecular complexity index is 748. The first-order chi connectivity index (χ1) is 13.6. The molecule has 0 bridgehead atoms. The summed E-state index contributed by atoms with van der Waals surface area (Å²) in [5, 5.41) is 26.8. The number of unbranched alkanes of at least 4 members (excludes halogenated alkanes) is 1. The number of aryl methyl sites for hydroxylation is 1. The Hall–Kier alpha value is -2.93. The normalized spacial score (nSPS) is 12.4. The highest BCUT2D eigenvalue weighted by atomic mass is 16.6. The third-order valence-corrected chi connectivity index (χ3v) is 4.56. The first kappa shape index (κ1) is 21.4. The van der Waals surface area contributed by atoms with Crippen molar-refractivity contribution in [1.29, 1.82) is 0 Å². The first-order valence-electron chi connectivity index (χ1n) is 9.47. The molecule has 3 N–H and O–H groups in total. The van der Waals surface area contributed by atoms with Crippen LogP contribution in [0.5, 0.6) is 0 Å². The lowest BCUT2D eigenvalue weighted by Crippen LogP contribution is -2.40. The van der Waals surface area contributed by atoms with Crippen molar-refractivity contribution in [3.8, 4) is 0 Å². The largest absolute Gasteiger partial charge is 0.396 e. The molecule has 2 aromatic rings. The molecule has 0 aliphatic rings. The van der Waals surface area contributed by atoms with Gasteiger partial charge in [-0.05, 0) is 30.4 Å². The fourth-order valence-electron chi connectivity index (χ4n) is 2.90. The van der Waals surface area contributed by atoms with Crippen molar-refractivity contribution in [2.45, 2.75) is 25.2 Å². The van der Waals surface area contributed by atoms with E-state index in [1.165, 1.54) is 0 Å². The predicted molar refractivity (Wildman–Crippen MR) is 112 cm³/mol. The highest BCUT2D eigenvalue weighted by Crippen LogP contribution is 2.14. The van der Waals surface area contributed by atoms with Gasteiger partial charge in [0.25, 0.3) is 5.69 Å². The third-order valence-electron chi connectivity index (χ3n) is 4.56. The van der Waals surface area contributed by atoms with Gasteiger partial charge in [-0.2, -0.15) is 0 Å². The minimum Gasteiger partial charge on any atom is -0.396 e. The summed E-state index contributed by atoms with van der Waals surface area (Å²) in [6.45, 7) is 1.45. The average molecular weight is 384 g/mol. The van der Waals surface area contributed by atoms with Gasteiger partial charge in [0.1, 0.15) is 0 Å². The number of benzene rings is 2. The van der Waals surface area contributed by atoms with Gasteiger partial charge >= 0.3 is 0 Å². The van der Waals surface area contributed by atoms with Crippen molar-refractivity contribution in [2.24, 2.45) is 4.99 Å². The molecule has 28 heavy (non-hydrogen) atoms. The third kappa shape index (κ3) is 7.00. The maximum atomic E-state index is 10.7. The molecule has 0 aliphatic heterocycles. The molecule has 7 heteroatoms. The fourth-order valence-corrected chi connectivity index (χ4v) is 2.90. The summed E-state index contributed by atoms with van der Waals surface area (Å²) in [6, 6.07) is 16.6. The molecule has 0 saturated heterocycles. The van der Waals surface area contributed by atoms with Crippen LogP contribution in [0.2, 0.25) is 0 Å². The van der Waals surface area contributed by atoms with Crippen LogP contribution < -0.4 is 10.6 Å². The number of aliphatic hydroxyl groups is 1. The van der Waals surface area contributed by atoms with Gasteiger partial charge in [0, 0.05) is 38.2 Å². The Morgan fingerprint density at radius 2 is 1.82 bits per heavy atom. The van der Waals surface area contributed by atoms with Gasteiger partial charge in [0.15, 0.2) is 5.96 Å². The second kappa shape index (κ2) is 11.7. The summed E-state index contributed by atoms with van der Waals surface area (Å²) in [5.41, 5.74) is 2.31. The topological polar surface area (TPSA) is 99.8 Å². The molecule has 7 nitrogen and oxygen atoms in total. The van der Waals surface area contributed by atoms with E-state index >= 15 is 0 Å². The number of rotatable bonds is 10. The van der Waals surface area contributed by atoms with E-state index in [0.29, 0.717) is 12.5 Å². The molecule has 0 aliphatic carbocycles. The summed E-state index contributed by atoms with van der Waals surface area (Å²) in [7, 11) is 1.72. The molecular weight excluding hydrogens is 356 g/mol. The van der Waals surface area contributed by atoms with E-state index in [-0.39, 0.29) is 23.1 Å². The number of guanidine groups is 1. The maximum absolute atomic E-state index is 10.7. The number of aliphatic imine (C=N–C) groups is 1. The summed E-state index contributed by atoms with van der Waals surface area (Å²) in [6.07, 6.45) is 2.82. The zero-order chi connectivity index (χ0) is 20.2. The van der Waals surface area contributed by atoms with Crippen LogP contribution in [0.25, 0.3) is 0 Å². The minimum atomic E-state index is -0.383. The number of aliphatic hydroxyl groups excluding tert-OH is 1. The van der Waals surface area contributed by atoms with Crippen molar-refractivity contribution in [3.05, 3.63) is 75.8 Å². The number of nitrogens with one attached hydrogen (secondary N) is 2. The monoisotopic (exact) mass is 384 g/mol. The number of hydrogen-bond acceptors (Lipinski definition) is 4. The summed E-state index contributed by atoms with van der Waals surface area (Å²) in [5.74, 6) is 0.728. The highest BCUT2D eigenvalue weighted by molar-refractivity contribution is 5.79. The van der Waals surface area contributed by atoms with Crippen molar-refractivity contribution < 1.29 is 10.0 Å². The average Bonchev–Trinajstić information content (AvgIpc) is 2.73. The van der Waals surface area contributed by atoms with Crippen molar-refractivity contribution >= 4 is 11.6 Å². The molecule has 2 aromatic carbocycles. The molecule has 1 atom stereocenters. The number of nitro groups is 1. The SMILES string of the molecule is CN=C(NCCCCc1ccc([N+](=O)[O-])cc1)NCC(CO)c1ccccc1. The number of hydrogen-bond donors (Lipinski definition) is 3. The number of nitrogens with zero attached hydrogens (tertiary/aromatic N) is 2. The lowest BCUT2D eigenvalue weighted by atomic mass is 10.0. The quantitative estimate of drug-likeness (QED) is 0.192. The molecular formula is C21H28N4O3. The van der Waals surface area contributed by atoms with E-state index in [4.69, 9.17) is 0 Å². The van der Waals surface area contributed by atoms with Crippen LogP contribution >= 0.6 is 0 Å². The van der Waals surface area contributed by atoms with E-state index in [9.17, 15) is 15.2 Å². The molecule has 0 heterocycles. The van der Waals surface area contributed by atoms with E-state index in [0.717, 1.165) is 36.9 Å². The van der Waals surface area contributed by atoms with Gasteiger partial charge in [-0.3, -0.25) is 15.1 Å². The van der Waals surface area contributed by atoms with Gasteiger partial charge in [0.05, 0.1) is 11.5 Å². The molecule has 1 unspecified atom stereocenters. The molecule has 0 fully saturated rings. The van der Waals surface area contributed by atoms with Crippen LogP contribution in [0.4, 0.5) is 5.69 Å². The Labute approximate surface area is 165 Å². The second-order valence-electron chi connectivity index (χ2n) is 6.55. The summed E-state index contributed by atoms with van der Waals surface area (Å²) < 4.78 is 0. The van der Waals surface area contributed by atoms with Crippen LogP contribution in [0, 0.1) is 10.1 Å². The smallest absolute Gasteiger partial charge is 0.269 e. The Kier molecular flexibility index (Phi) is 8.94. The van der Waals surface area contributed by atoms with Crippen molar-refractivity contribution in [2.75, 3.05) is 26.7 Å². The van der Waals surface area contributed by atoms with E-state index in [1.807, 2.05) is 42.5 Å². The molecule has 0 radical (unpaired) electrons. The van der Waals surface area contributed by atoms with Crippen LogP contribution in [0.1, 0.15) is 29.9 Å². The first-order valence-corrected chi connectivity index (χ1v) is 9.47. The molecule has 150 valence electrons. The molecule has 0 spiro atoms. The molecule has 0 amide bonds. The van der Waals surface area contributed by atoms with E-state index < -0.39 is 0 Å². The molecule has 0 saturated carbocycles. The van der Waals surface area contributed by atoms with Gasteiger partial charge in [-0.1, -0.05) is 42.5 Å². The number of nitro benzene ring substituents is 1. The van der Waals surface area contributed by atoms with Gasteiger partial charge < -0.3 is 15.7 Å². The van der Waals surface area contributed by atoms with Crippen molar-refractivity contribution in [1.82, 2.24) is 10.6 Å². The van der Waals surface area contributed by atoms with Crippen LogP contribution in [0.3, 0.4) is 0 Å². The highest BCUT2D eigenvalue weighted by Gasteiger charge is 2.10. The fraction of sp³-hybridized carbons (Fsp3) is 0.381. The summed E-state index contributed by atoms with van der Waals surface area (Å²) in [4.78, 5) is 14.5. The zero-order valence-corrected chi connectivity index (χ0v) is 16.2. The van der Waals surface area contributed by atoms with Gasteiger partial charge in [-0.25, -0.2) is 0 Å². The van der Waals surface area contributed by atoms with Crippen LogP contribution in [0.15, 0.2) is 59.6 Å². The lowest BCUT2D eigenvalue weighted by Gasteiger charge is -2.18. The van der Waals surface area contributed by atoms with E-state index in [2.05, 4.69) is 15.6 Å². The van der Waals surface area contributed by atoms with Crippen LogP contribution in [-0.2, 0) is 6.42 Å². The van der Waals surface area contributed by atoms with Gasteiger partial charge in [0.2, 0.25) is 0 Å². The van der Waals surface area contributed by atoms with Gasteiger partial charge in [-0.15, -0.1) is 0 Å². The van der Waals surface area contributed by atoms with Crippen molar-refractivity contribution in [3.63, 3.8) is 0 Å². The number of non-ortho nitro benzene ring substituents is 1. The standard InChI is InChI=1S/C21H28N4O3/c1-22-21(24-15-19(16-26)18-8-3-2-4-9-18)23-14-6-5-7-17-10-12-20(13-11-17)25(27)28/h2-4,8-13,19,26H,5-7,14-16H2,1H3,(H2,22,23,24).